The molecule has 2 aromatic rings. The van der Waals surface area contributed by atoms with Gasteiger partial charge in [0.25, 0.3) is 0 Å². The van der Waals surface area contributed by atoms with E-state index in [0.717, 1.165) is 19.4 Å². The van der Waals surface area contributed by atoms with Gasteiger partial charge in [-0.2, -0.15) is 5.10 Å². The molecule has 0 aliphatic carbocycles. The van der Waals surface area contributed by atoms with E-state index in [1.807, 2.05) is 11.3 Å². The number of aryl methyl sites for hydroxylation is 1. The van der Waals surface area contributed by atoms with Gasteiger partial charge < -0.3 is 5.32 Å². The number of nitrogens with one attached hydrogen (secondary N) is 1. The lowest BCUT2D eigenvalue weighted by molar-refractivity contribution is 0.399. The maximum Gasteiger partial charge on any atom is 0.125 e. The first-order valence-corrected chi connectivity index (χ1v) is 8.18. The molecule has 1 unspecified atom stereocenters. The lowest BCUT2D eigenvalue weighted by atomic mass is 9.91. The van der Waals surface area contributed by atoms with Gasteiger partial charge in [-0.1, -0.05) is 20.8 Å². The van der Waals surface area contributed by atoms with E-state index >= 15 is 0 Å². The van der Waals surface area contributed by atoms with Crippen molar-refractivity contribution in [3.63, 3.8) is 0 Å². The minimum absolute atomic E-state index is 0.277. The Hall–Kier alpha value is -1.29. The fourth-order valence-corrected chi connectivity index (χ4v) is 3.92. The summed E-state index contributed by atoms with van der Waals surface area (Å²) >= 11 is 1.85. The van der Waals surface area contributed by atoms with Gasteiger partial charge in [-0.05, 0) is 42.2 Å². The highest BCUT2D eigenvalue weighted by Crippen LogP contribution is 2.35. The highest BCUT2D eigenvalue weighted by molar-refractivity contribution is 7.10. The molecule has 1 aliphatic rings. The van der Waals surface area contributed by atoms with Gasteiger partial charge in [-0.3, -0.25) is 0 Å². The molecule has 0 spiro atoms. The summed E-state index contributed by atoms with van der Waals surface area (Å²) in [4.78, 5) is 1.46. The van der Waals surface area contributed by atoms with Crippen molar-refractivity contribution in [2.75, 3.05) is 11.9 Å². The zero-order valence-corrected chi connectivity index (χ0v) is 13.5. The molecule has 0 aromatic carbocycles. The standard InChI is InChI=1S/C16H23N3S/c1-11-6-8-20-15(11)13-5-7-17-14-9-12(18-19(13)14)10-16(2,3)4/h6,8-9,13,17H,5,7,10H2,1-4H3. The molecular weight excluding hydrogens is 266 g/mol. The van der Waals surface area contributed by atoms with Crippen LogP contribution in [0.25, 0.3) is 0 Å². The first-order valence-electron chi connectivity index (χ1n) is 7.30. The Bertz CT molecular complexity index is 604. The summed E-state index contributed by atoms with van der Waals surface area (Å²) in [7, 11) is 0. The van der Waals surface area contributed by atoms with Gasteiger partial charge in [-0.15, -0.1) is 11.3 Å². The second-order valence-corrected chi connectivity index (χ2v) is 7.85. The smallest absolute Gasteiger partial charge is 0.125 e. The highest BCUT2D eigenvalue weighted by atomic mass is 32.1. The van der Waals surface area contributed by atoms with Crippen molar-refractivity contribution >= 4 is 17.2 Å². The topological polar surface area (TPSA) is 29.9 Å². The Balaban J connectivity index is 1.95. The van der Waals surface area contributed by atoms with E-state index < -0.39 is 0 Å². The van der Waals surface area contributed by atoms with Crippen molar-refractivity contribution in [2.45, 2.75) is 46.6 Å². The van der Waals surface area contributed by atoms with Crippen molar-refractivity contribution < 1.29 is 0 Å². The third-order valence-electron chi connectivity index (χ3n) is 3.72. The van der Waals surface area contributed by atoms with Crippen LogP contribution >= 0.6 is 11.3 Å². The third-order valence-corrected chi connectivity index (χ3v) is 4.84. The Morgan fingerprint density at radius 3 is 2.90 bits per heavy atom. The number of rotatable bonds is 2. The van der Waals surface area contributed by atoms with Crippen LogP contribution in [-0.4, -0.2) is 16.3 Å². The fraction of sp³-hybridized carbons (Fsp3) is 0.562. The van der Waals surface area contributed by atoms with Gasteiger partial charge in [0.2, 0.25) is 0 Å². The summed E-state index contributed by atoms with van der Waals surface area (Å²) in [6.07, 6.45) is 2.13. The molecule has 4 heteroatoms. The van der Waals surface area contributed by atoms with E-state index in [2.05, 4.69) is 55.2 Å². The summed E-state index contributed by atoms with van der Waals surface area (Å²) in [6.45, 7) is 10.0. The molecule has 0 saturated heterocycles. The molecule has 0 bridgehead atoms. The molecule has 3 heterocycles. The van der Waals surface area contributed by atoms with E-state index in [1.54, 1.807) is 0 Å². The van der Waals surface area contributed by atoms with Crippen LogP contribution in [0.1, 0.15) is 49.4 Å². The SMILES string of the molecule is Cc1ccsc1C1CCNc2cc(CC(C)(C)C)nn21. The van der Waals surface area contributed by atoms with Crippen molar-refractivity contribution in [3.8, 4) is 0 Å². The normalized spacial score (nSPS) is 18.7. The van der Waals surface area contributed by atoms with E-state index in [9.17, 15) is 0 Å². The van der Waals surface area contributed by atoms with Gasteiger partial charge in [-0.25, -0.2) is 4.68 Å². The monoisotopic (exact) mass is 289 g/mol. The van der Waals surface area contributed by atoms with Crippen LogP contribution in [0.5, 0.6) is 0 Å². The molecule has 0 amide bonds. The average molecular weight is 289 g/mol. The lowest BCUT2D eigenvalue weighted by Gasteiger charge is -2.25. The van der Waals surface area contributed by atoms with Crippen LogP contribution in [0.3, 0.4) is 0 Å². The van der Waals surface area contributed by atoms with E-state index in [1.165, 1.54) is 22.0 Å². The van der Waals surface area contributed by atoms with Crippen molar-refractivity contribution in [1.82, 2.24) is 9.78 Å². The molecular formula is C16H23N3S. The van der Waals surface area contributed by atoms with Crippen LogP contribution in [0, 0.1) is 12.3 Å². The van der Waals surface area contributed by atoms with E-state index in [-0.39, 0.29) is 5.41 Å². The van der Waals surface area contributed by atoms with Gasteiger partial charge in [0.05, 0.1) is 11.7 Å². The van der Waals surface area contributed by atoms with Crippen molar-refractivity contribution in [3.05, 3.63) is 33.6 Å². The minimum Gasteiger partial charge on any atom is -0.370 e. The number of thiophene rings is 1. The Morgan fingerprint density at radius 1 is 1.45 bits per heavy atom. The first-order chi connectivity index (χ1) is 9.44. The third kappa shape index (κ3) is 2.62. The summed E-state index contributed by atoms with van der Waals surface area (Å²) in [6, 6.07) is 4.83. The molecule has 0 fully saturated rings. The maximum absolute atomic E-state index is 4.88. The van der Waals surface area contributed by atoms with Crippen molar-refractivity contribution in [2.24, 2.45) is 5.41 Å². The Morgan fingerprint density at radius 2 is 2.25 bits per heavy atom. The van der Waals surface area contributed by atoms with Crippen molar-refractivity contribution in [1.29, 1.82) is 0 Å². The maximum atomic E-state index is 4.88. The van der Waals surface area contributed by atoms with Crippen LogP contribution in [-0.2, 0) is 6.42 Å². The zero-order chi connectivity index (χ0) is 14.3. The van der Waals surface area contributed by atoms with Crippen LogP contribution in [0.4, 0.5) is 5.82 Å². The number of nitrogens with zero attached hydrogens (tertiary/aromatic N) is 2. The molecule has 2 aromatic heterocycles. The number of hydrogen-bond acceptors (Lipinski definition) is 3. The quantitative estimate of drug-likeness (QED) is 0.896. The fourth-order valence-electron chi connectivity index (χ4n) is 2.87. The van der Waals surface area contributed by atoms with Gasteiger partial charge >= 0.3 is 0 Å². The molecule has 1 aliphatic heterocycles. The van der Waals surface area contributed by atoms with Gasteiger partial charge in [0.1, 0.15) is 5.82 Å². The summed E-state index contributed by atoms with van der Waals surface area (Å²) < 4.78 is 2.20. The largest absolute Gasteiger partial charge is 0.370 e. The molecule has 3 rings (SSSR count). The molecule has 1 N–H and O–H groups in total. The van der Waals surface area contributed by atoms with E-state index in [4.69, 9.17) is 5.10 Å². The molecule has 20 heavy (non-hydrogen) atoms. The molecule has 1 atom stereocenters. The molecule has 0 radical (unpaired) electrons. The second-order valence-electron chi connectivity index (χ2n) is 6.90. The summed E-state index contributed by atoms with van der Waals surface area (Å²) in [5.74, 6) is 1.17. The predicted octanol–water partition coefficient (Wildman–Crippen LogP) is 4.25. The number of fused-ring (bicyclic) bond motifs is 1. The Kier molecular flexibility index (Phi) is 3.36. The Labute approximate surface area is 125 Å². The number of aromatic nitrogens is 2. The van der Waals surface area contributed by atoms with Gasteiger partial charge in [0, 0.05) is 17.5 Å². The predicted molar refractivity (Wildman–Crippen MR) is 85.7 cm³/mol. The van der Waals surface area contributed by atoms with Gasteiger partial charge in [0.15, 0.2) is 0 Å². The number of anilines is 1. The zero-order valence-electron chi connectivity index (χ0n) is 12.7. The van der Waals surface area contributed by atoms with Crippen LogP contribution < -0.4 is 5.32 Å². The second kappa shape index (κ2) is 4.92. The molecule has 3 nitrogen and oxygen atoms in total. The molecule has 0 saturated carbocycles. The molecule has 108 valence electrons. The lowest BCUT2D eigenvalue weighted by Crippen LogP contribution is -2.24. The van der Waals surface area contributed by atoms with Crippen LogP contribution in [0.2, 0.25) is 0 Å². The number of hydrogen-bond donors (Lipinski definition) is 1. The summed E-state index contributed by atoms with van der Waals surface area (Å²) in [5.41, 5.74) is 2.86. The van der Waals surface area contributed by atoms with E-state index in [0.29, 0.717) is 6.04 Å². The van der Waals surface area contributed by atoms with Crippen LogP contribution in [0.15, 0.2) is 17.5 Å². The highest BCUT2D eigenvalue weighted by Gasteiger charge is 2.26. The summed E-state index contributed by atoms with van der Waals surface area (Å²) in [5, 5.41) is 10.5. The first kappa shape index (κ1) is 13.7. The minimum atomic E-state index is 0.277. The average Bonchev–Trinajstić information content (AvgIpc) is 2.91.